The molecule has 0 radical (unpaired) electrons. The molecule has 0 aromatic carbocycles. The summed E-state index contributed by atoms with van der Waals surface area (Å²) in [6, 6.07) is 1.32. The van der Waals surface area contributed by atoms with Crippen LogP contribution < -0.4 is 5.32 Å². The second-order valence-electron chi connectivity index (χ2n) is 5.76. The van der Waals surface area contributed by atoms with E-state index in [0.29, 0.717) is 6.04 Å². The third-order valence-corrected chi connectivity index (χ3v) is 5.29. The van der Waals surface area contributed by atoms with Gasteiger partial charge in [-0.1, -0.05) is 19.8 Å². The zero-order chi connectivity index (χ0) is 12.4. The summed E-state index contributed by atoms with van der Waals surface area (Å²) < 4.78 is 0. The smallest absolute Gasteiger partial charge is 0.110 e. The Kier molecular flexibility index (Phi) is 4.00. The monoisotopic (exact) mass is 264 g/mol. The van der Waals surface area contributed by atoms with Crippen molar-refractivity contribution in [3.8, 4) is 0 Å². The molecule has 3 heteroatoms. The van der Waals surface area contributed by atoms with Crippen molar-refractivity contribution in [1.29, 1.82) is 0 Å². The molecule has 1 atom stereocenters. The average molecular weight is 264 g/mol. The lowest BCUT2D eigenvalue weighted by molar-refractivity contribution is 0.475. The van der Waals surface area contributed by atoms with Crippen LogP contribution in [-0.4, -0.2) is 11.0 Å². The second-order valence-corrected chi connectivity index (χ2v) is 6.88. The van der Waals surface area contributed by atoms with Crippen molar-refractivity contribution < 1.29 is 0 Å². The van der Waals surface area contributed by atoms with Gasteiger partial charge in [0, 0.05) is 10.9 Å². The molecule has 0 spiro atoms. The average Bonchev–Trinajstić information content (AvgIpc) is 3.10. The predicted octanol–water partition coefficient (Wildman–Crippen LogP) is 4.01. The summed E-state index contributed by atoms with van der Waals surface area (Å²) in [7, 11) is 0. The van der Waals surface area contributed by atoms with Gasteiger partial charge in [0.15, 0.2) is 0 Å². The Hall–Kier alpha value is -0.410. The van der Waals surface area contributed by atoms with Gasteiger partial charge in [-0.05, 0) is 44.9 Å². The fourth-order valence-corrected chi connectivity index (χ4v) is 3.99. The fraction of sp³-hybridized carbons (Fsp3) is 0.800. The number of fused-ring (bicyclic) bond motifs is 1. The molecule has 2 aliphatic carbocycles. The van der Waals surface area contributed by atoms with Crippen LogP contribution in [0.25, 0.3) is 0 Å². The number of rotatable bonds is 6. The Labute approximate surface area is 114 Å². The Morgan fingerprint density at radius 1 is 1.33 bits per heavy atom. The molecule has 1 aromatic heterocycles. The lowest BCUT2D eigenvalue weighted by atomic mass is 10.0. The van der Waals surface area contributed by atoms with Crippen LogP contribution in [0.5, 0.6) is 0 Å². The molecule has 1 fully saturated rings. The van der Waals surface area contributed by atoms with E-state index >= 15 is 0 Å². The van der Waals surface area contributed by atoms with E-state index in [2.05, 4.69) is 12.2 Å². The maximum absolute atomic E-state index is 4.94. The maximum Gasteiger partial charge on any atom is 0.110 e. The highest BCUT2D eigenvalue weighted by molar-refractivity contribution is 7.11. The molecule has 2 nitrogen and oxygen atoms in total. The minimum atomic E-state index is 0.535. The molecule has 1 saturated carbocycles. The quantitative estimate of drug-likeness (QED) is 0.840. The van der Waals surface area contributed by atoms with E-state index in [-0.39, 0.29) is 0 Å². The van der Waals surface area contributed by atoms with E-state index < -0.39 is 0 Å². The molecule has 0 saturated heterocycles. The highest BCUT2D eigenvalue weighted by atomic mass is 32.1. The fourth-order valence-electron chi connectivity index (χ4n) is 2.74. The van der Waals surface area contributed by atoms with Crippen LogP contribution >= 0.6 is 11.3 Å². The van der Waals surface area contributed by atoms with Crippen molar-refractivity contribution in [2.24, 2.45) is 0 Å². The first-order valence-corrected chi connectivity index (χ1v) is 8.43. The SMILES string of the molecule is CCCCC(NC1CC1)c1nc2c(s1)CCCC2. The number of aryl methyl sites for hydroxylation is 2. The molecular formula is C15H24N2S. The van der Waals surface area contributed by atoms with Gasteiger partial charge in [-0.2, -0.15) is 0 Å². The molecule has 1 heterocycles. The van der Waals surface area contributed by atoms with E-state index in [1.54, 1.807) is 4.88 Å². The van der Waals surface area contributed by atoms with Crippen LogP contribution in [0.1, 0.15) is 73.5 Å². The maximum atomic E-state index is 4.94. The number of unbranched alkanes of at least 4 members (excludes halogenated alkanes) is 1. The summed E-state index contributed by atoms with van der Waals surface area (Å²) in [4.78, 5) is 6.52. The van der Waals surface area contributed by atoms with Crippen LogP contribution in [0.4, 0.5) is 0 Å². The minimum Gasteiger partial charge on any atom is -0.305 e. The first kappa shape index (κ1) is 12.6. The van der Waals surface area contributed by atoms with Crippen LogP contribution in [-0.2, 0) is 12.8 Å². The van der Waals surface area contributed by atoms with Gasteiger partial charge in [0.1, 0.15) is 5.01 Å². The van der Waals surface area contributed by atoms with Crippen molar-refractivity contribution in [3.63, 3.8) is 0 Å². The van der Waals surface area contributed by atoms with Crippen LogP contribution in [0.15, 0.2) is 0 Å². The lowest BCUT2D eigenvalue weighted by Gasteiger charge is -2.15. The van der Waals surface area contributed by atoms with Gasteiger partial charge in [-0.3, -0.25) is 0 Å². The summed E-state index contributed by atoms with van der Waals surface area (Å²) in [5.74, 6) is 0. The van der Waals surface area contributed by atoms with Gasteiger partial charge in [0.2, 0.25) is 0 Å². The number of nitrogens with one attached hydrogen (secondary N) is 1. The molecule has 2 aliphatic rings. The van der Waals surface area contributed by atoms with Gasteiger partial charge in [0.25, 0.3) is 0 Å². The van der Waals surface area contributed by atoms with Crippen molar-refractivity contribution in [1.82, 2.24) is 10.3 Å². The highest BCUT2D eigenvalue weighted by Gasteiger charge is 2.27. The summed E-state index contributed by atoms with van der Waals surface area (Å²) in [6.45, 7) is 2.28. The second kappa shape index (κ2) is 5.70. The topological polar surface area (TPSA) is 24.9 Å². The molecule has 1 unspecified atom stereocenters. The van der Waals surface area contributed by atoms with Gasteiger partial charge >= 0.3 is 0 Å². The lowest BCUT2D eigenvalue weighted by Crippen LogP contribution is -2.23. The normalized spacial score (nSPS) is 20.7. The minimum absolute atomic E-state index is 0.535. The molecule has 3 rings (SSSR count). The van der Waals surface area contributed by atoms with Crippen LogP contribution in [0.3, 0.4) is 0 Å². The first-order valence-electron chi connectivity index (χ1n) is 7.61. The summed E-state index contributed by atoms with van der Waals surface area (Å²) >= 11 is 1.99. The number of hydrogen-bond acceptors (Lipinski definition) is 3. The molecule has 0 aliphatic heterocycles. The molecule has 0 bridgehead atoms. The summed E-state index contributed by atoms with van der Waals surface area (Å²) in [6.07, 6.45) is 11.8. The summed E-state index contributed by atoms with van der Waals surface area (Å²) in [5, 5.41) is 5.18. The Balaban J connectivity index is 1.72. The molecule has 100 valence electrons. The van der Waals surface area contributed by atoms with Crippen LogP contribution in [0.2, 0.25) is 0 Å². The Morgan fingerprint density at radius 2 is 2.17 bits per heavy atom. The van der Waals surface area contributed by atoms with Gasteiger partial charge in [0.05, 0.1) is 11.7 Å². The Bertz CT molecular complexity index is 372. The molecule has 1 N–H and O–H groups in total. The van der Waals surface area contributed by atoms with E-state index in [9.17, 15) is 0 Å². The van der Waals surface area contributed by atoms with Crippen molar-refractivity contribution in [2.45, 2.75) is 76.8 Å². The largest absolute Gasteiger partial charge is 0.305 e. The summed E-state index contributed by atoms with van der Waals surface area (Å²) in [5.41, 5.74) is 1.42. The van der Waals surface area contributed by atoms with Crippen molar-refractivity contribution >= 4 is 11.3 Å². The first-order chi connectivity index (χ1) is 8.86. The van der Waals surface area contributed by atoms with Crippen molar-refractivity contribution in [2.75, 3.05) is 0 Å². The Morgan fingerprint density at radius 3 is 2.89 bits per heavy atom. The van der Waals surface area contributed by atoms with Gasteiger partial charge in [-0.15, -0.1) is 11.3 Å². The van der Waals surface area contributed by atoms with Gasteiger partial charge < -0.3 is 5.32 Å². The number of hydrogen-bond donors (Lipinski definition) is 1. The van der Waals surface area contributed by atoms with E-state index in [1.807, 2.05) is 11.3 Å². The predicted molar refractivity (Wildman–Crippen MR) is 77.2 cm³/mol. The van der Waals surface area contributed by atoms with Gasteiger partial charge in [-0.25, -0.2) is 4.98 Å². The highest BCUT2D eigenvalue weighted by Crippen LogP contribution is 2.33. The van der Waals surface area contributed by atoms with E-state index in [0.717, 1.165) is 6.04 Å². The molecular weight excluding hydrogens is 240 g/mol. The third kappa shape index (κ3) is 2.94. The molecule has 0 amide bonds. The molecule has 18 heavy (non-hydrogen) atoms. The van der Waals surface area contributed by atoms with E-state index in [1.165, 1.54) is 68.5 Å². The third-order valence-electron chi connectivity index (χ3n) is 4.02. The number of thiazole rings is 1. The zero-order valence-corrected chi connectivity index (χ0v) is 12.2. The van der Waals surface area contributed by atoms with Crippen molar-refractivity contribution in [3.05, 3.63) is 15.6 Å². The standard InChI is InChI=1S/C15H24N2S/c1-2-3-6-13(16-11-9-10-11)15-17-12-7-4-5-8-14(12)18-15/h11,13,16H,2-10H2,1H3. The van der Waals surface area contributed by atoms with Crippen LogP contribution in [0, 0.1) is 0 Å². The number of aromatic nitrogens is 1. The molecule has 1 aromatic rings. The zero-order valence-electron chi connectivity index (χ0n) is 11.4. The number of nitrogens with zero attached hydrogens (tertiary/aromatic N) is 1. The van der Waals surface area contributed by atoms with E-state index in [4.69, 9.17) is 4.98 Å².